The molecule has 0 aliphatic rings. The van der Waals surface area contributed by atoms with Gasteiger partial charge in [-0.05, 0) is 59.2 Å². The molecule has 0 aliphatic heterocycles. The average Bonchev–Trinajstić information content (AvgIpc) is 3.11. The lowest BCUT2D eigenvalue weighted by Gasteiger charge is -2.09. The third-order valence-electron chi connectivity index (χ3n) is 5.81. The highest BCUT2D eigenvalue weighted by Crippen LogP contribution is 2.26. The van der Waals surface area contributed by atoms with Crippen LogP contribution in [0.3, 0.4) is 0 Å². The van der Waals surface area contributed by atoms with Crippen molar-refractivity contribution in [2.75, 3.05) is 5.32 Å². The fourth-order valence-corrected chi connectivity index (χ4v) is 4.43. The first-order chi connectivity index (χ1) is 16.5. The summed E-state index contributed by atoms with van der Waals surface area (Å²) in [5.41, 5.74) is 6.99. The first-order valence-corrected chi connectivity index (χ1v) is 11.4. The van der Waals surface area contributed by atoms with Crippen molar-refractivity contribution in [3.8, 4) is 16.8 Å². The minimum Gasteiger partial charge on any atom is -0.326 e. The maximum atomic E-state index is 11.4. The van der Waals surface area contributed by atoms with E-state index in [1.807, 2.05) is 106 Å². The lowest BCUT2D eigenvalue weighted by molar-refractivity contribution is -0.114. The molecule has 0 fully saturated rings. The largest absolute Gasteiger partial charge is 0.326 e. The van der Waals surface area contributed by atoms with Gasteiger partial charge in [-0.3, -0.25) is 14.8 Å². The van der Waals surface area contributed by atoms with Gasteiger partial charge in [-0.2, -0.15) is 0 Å². The topological polar surface area (TPSA) is 62.8 Å². The first kappa shape index (κ1) is 21.7. The molecule has 5 aromatic rings. The molecule has 0 atom stereocenters. The molecule has 0 radical (unpaired) electrons. The van der Waals surface area contributed by atoms with Crippen LogP contribution in [0.2, 0.25) is 5.02 Å². The predicted molar refractivity (Wildman–Crippen MR) is 137 cm³/mol. The smallest absolute Gasteiger partial charge is 0.221 e. The van der Waals surface area contributed by atoms with E-state index in [4.69, 9.17) is 17.0 Å². The van der Waals surface area contributed by atoms with E-state index in [1.54, 1.807) is 0 Å². The molecule has 2 N–H and O–H groups in total. The third-order valence-corrected chi connectivity index (χ3v) is 6.18. The van der Waals surface area contributed by atoms with Gasteiger partial charge in [-0.15, -0.1) is 0 Å². The average molecular weight is 467 g/mol. The van der Waals surface area contributed by atoms with Crippen molar-refractivity contribution in [3.05, 3.63) is 113 Å². The summed E-state index contributed by atoms with van der Waals surface area (Å²) < 4.78 is 3.92. The molecule has 0 bridgehead atoms. The number of nitrogens with one attached hydrogen (secondary N) is 2. The molecular weight excluding hydrogens is 444 g/mol. The van der Waals surface area contributed by atoms with Crippen LogP contribution in [0.4, 0.5) is 5.69 Å². The molecule has 5 rings (SSSR count). The van der Waals surface area contributed by atoms with Gasteiger partial charge >= 0.3 is 0 Å². The fourth-order valence-electron chi connectivity index (χ4n) is 4.23. The van der Waals surface area contributed by atoms with E-state index >= 15 is 0 Å². The van der Waals surface area contributed by atoms with Gasteiger partial charge in [-0.25, -0.2) is 0 Å². The molecule has 1 amide bonds. The lowest BCUT2D eigenvalue weighted by Crippen LogP contribution is -2.24. The highest BCUT2D eigenvalue weighted by molar-refractivity contribution is 6.31. The number of para-hydroxylation sites is 2. The summed E-state index contributed by atoms with van der Waals surface area (Å²) in [5.74, 6) is -0.0972. The number of aromatic nitrogens is 2. The minimum atomic E-state index is -0.0972. The Morgan fingerprint density at radius 1 is 0.853 bits per heavy atom. The lowest BCUT2D eigenvalue weighted by atomic mass is 10.0. The summed E-state index contributed by atoms with van der Waals surface area (Å²) in [5, 5.41) is 12.5. The number of fused-ring (bicyclic) bond motifs is 1. The van der Waals surface area contributed by atoms with E-state index < -0.39 is 0 Å². The van der Waals surface area contributed by atoms with E-state index in [0.717, 1.165) is 39.1 Å². The summed E-state index contributed by atoms with van der Waals surface area (Å²) in [6.07, 6.45) is 0. The molecule has 1 heterocycles. The van der Waals surface area contributed by atoms with E-state index in [9.17, 15) is 4.79 Å². The highest BCUT2D eigenvalue weighted by atomic mass is 35.5. The molecule has 0 saturated heterocycles. The van der Waals surface area contributed by atoms with Crippen LogP contribution in [-0.4, -0.2) is 15.0 Å². The zero-order valence-corrected chi connectivity index (χ0v) is 19.4. The van der Waals surface area contributed by atoms with Crippen molar-refractivity contribution in [1.29, 1.82) is 5.41 Å². The number of carbonyl (C=O) groups excluding carboxylic acids is 1. The van der Waals surface area contributed by atoms with E-state index in [-0.39, 0.29) is 5.91 Å². The summed E-state index contributed by atoms with van der Waals surface area (Å²) in [4.78, 5) is 11.4. The van der Waals surface area contributed by atoms with Crippen molar-refractivity contribution in [1.82, 2.24) is 9.13 Å². The van der Waals surface area contributed by atoms with Crippen LogP contribution >= 0.6 is 11.6 Å². The van der Waals surface area contributed by atoms with Crippen molar-refractivity contribution in [2.24, 2.45) is 0 Å². The SMILES string of the molecule is CC(=O)Nc1cccc(-c2ccc(-n3c(=N)n(Cc4ccccc4Cl)c4ccccc43)cc2)c1. The number of carbonyl (C=O) groups is 1. The number of rotatable bonds is 5. The van der Waals surface area contributed by atoms with Gasteiger partial charge in [0.05, 0.1) is 17.6 Å². The van der Waals surface area contributed by atoms with Crippen LogP contribution in [0.5, 0.6) is 0 Å². The van der Waals surface area contributed by atoms with Crippen LogP contribution in [-0.2, 0) is 11.3 Å². The molecular formula is C28H23ClN4O. The first-order valence-electron chi connectivity index (χ1n) is 11.0. The van der Waals surface area contributed by atoms with Crippen LogP contribution < -0.4 is 10.9 Å². The molecule has 0 spiro atoms. The quantitative estimate of drug-likeness (QED) is 0.316. The van der Waals surface area contributed by atoms with Crippen molar-refractivity contribution >= 4 is 34.2 Å². The van der Waals surface area contributed by atoms with Gasteiger partial charge in [0.15, 0.2) is 0 Å². The van der Waals surface area contributed by atoms with Crippen LogP contribution in [0.1, 0.15) is 12.5 Å². The molecule has 1 aromatic heterocycles. The van der Waals surface area contributed by atoms with Gasteiger partial charge in [0, 0.05) is 23.3 Å². The molecule has 0 aliphatic carbocycles. The van der Waals surface area contributed by atoms with E-state index in [1.165, 1.54) is 6.92 Å². The zero-order chi connectivity index (χ0) is 23.7. The molecule has 0 unspecified atom stereocenters. The van der Waals surface area contributed by atoms with Gasteiger partial charge in [0.1, 0.15) is 0 Å². The Morgan fingerprint density at radius 3 is 2.29 bits per heavy atom. The third kappa shape index (κ3) is 4.14. The number of hydrogen-bond donors (Lipinski definition) is 2. The Kier molecular flexibility index (Phi) is 5.78. The second-order valence-corrected chi connectivity index (χ2v) is 8.54. The molecule has 0 saturated carbocycles. The standard InChI is InChI=1S/C28H23ClN4O/c1-19(34)31-23-9-6-8-21(17-23)20-13-15-24(16-14-20)33-27-12-5-4-11-26(27)32(28(33)30)18-22-7-2-3-10-25(22)29/h2-17,30H,18H2,1H3,(H,31,34). The fraction of sp³-hybridized carbons (Fsp3) is 0.0714. The predicted octanol–water partition coefficient (Wildman–Crippen LogP) is 6.24. The number of nitrogens with zero attached hydrogens (tertiary/aromatic N) is 2. The van der Waals surface area contributed by atoms with E-state index in [2.05, 4.69) is 5.32 Å². The number of amides is 1. The Labute approximate surface area is 202 Å². The Hall–Kier alpha value is -4.09. The normalized spacial score (nSPS) is 11.0. The van der Waals surface area contributed by atoms with Gasteiger partial charge in [0.25, 0.3) is 0 Å². The van der Waals surface area contributed by atoms with Crippen LogP contribution in [0.15, 0.2) is 97.1 Å². The Balaban J connectivity index is 1.55. The molecule has 5 nitrogen and oxygen atoms in total. The van der Waals surface area contributed by atoms with E-state index in [0.29, 0.717) is 17.2 Å². The summed E-state index contributed by atoms with van der Waals surface area (Å²) >= 11 is 6.41. The Morgan fingerprint density at radius 2 is 1.56 bits per heavy atom. The second kappa shape index (κ2) is 9.04. The summed E-state index contributed by atoms with van der Waals surface area (Å²) in [7, 11) is 0. The second-order valence-electron chi connectivity index (χ2n) is 8.13. The summed E-state index contributed by atoms with van der Waals surface area (Å²) in [6.45, 7) is 2.01. The molecule has 6 heteroatoms. The maximum absolute atomic E-state index is 11.4. The van der Waals surface area contributed by atoms with Gasteiger partial charge in [-0.1, -0.05) is 66.2 Å². The van der Waals surface area contributed by atoms with Crippen LogP contribution in [0.25, 0.3) is 27.8 Å². The maximum Gasteiger partial charge on any atom is 0.221 e. The zero-order valence-electron chi connectivity index (χ0n) is 18.6. The number of halogens is 1. The van der Waals surface area contributed by atoms with Crippen molar-refractivity contribution in [3.63, 3.8) is 0 Å². The Bertz CT molecular complexity index is 1560. The number of hydrogen-bond acceptors (Lipinski definition) is 2. The monoisotopic (exact) mass is 466 g/mol. The van der Waals surface area contributed by atoms with Crippen molar-refractivity contribution in [2.45, 2.75) is 13.5 Å². The van der Waals surface area contributed by atoms with Gasteiger partial charge in [0.2, 0.25) is 11.5 Å². The highest BCUT2D eigenvalue weighted by Gasteiger charge is 2.13. The van der Waals surface area contributed by atoms with Crippen molar-refractivity contribution < 1.29 is 4.79 Å². The van der Waals surface area contributed by atoms with Gasteiger partial charge < -0.3 is 9.88 Å². The molecule has 34 heavy (non-hydrogen) atoms. The molecule has 4 aromatic carbocycles. The number of imidazole rings is 1. The molecule has 168 valence electrons. The van der Waals surface area contributed by atoms with Crippen LogP contribution in [0, 0.1) is 5.41 Å². The minimum absolute atomic E-state index is 0.0972. The number of benzene rings is 4. The number of anilines is 1. The summed E-state index contributed by atoms with van der Waals surface area (Å²) in [6, 6.07) is 31.6.